The molecule has 1 aromatic carbocycles. The number of rotatable bonds is 6. The lowest BCUT2D eigenvalue weighted by molar-refractivity contribution is 0.648. The largest absolute Gasteiger partial charge is 0.330 e. The van der Waals surface area contributed by atoms with Crippen molar-refractivity contribution in [1.29, 1.82) is 0 Å². The van der Waals surface area contributed by atoms with E-state index in [0.29, 0.717) is 0 Å². The molecule has 1 aromatic heterocycles. The van der Waals surface area contributed by atoms with Gasteiger partial charge in [0.15, 0.2) is 0 Å². The van der Waals surface area contributed by atoms with Gasteiger partial charge in [-0.2, -0.15) is 0 Å². The van der Waals surface area contributed by atoms with Crippen LogP contribution in [0.2, 0.25) is 0 Å². The fourth-order valence-electron chi connectivity index (χ4n) is 1.76. The summed E-state index contributed by atoms with van der Waals surface area (Å²) in [6.45, 7) is 1.53. The molecule has 4 nitrogen and oxygen atoms in total. The molecule has 2 aromatic rings. The first-order valence-corrected chi connectivity index (χ1v) is 7.19. The third-order valence-electron chi connectivity index (χ3n) is 2.73. The molecule has 0 atom stereocenters. The van der Waals surface area contributed by atoms with Gasteiger partial charge in [-0.15, -0.1) is 5.10 Å². The molecule has 0 unspecified atom stereocenters. The average molecular weight is 356 g/mol. The van der Waals surface area contributed by atoms with Crippen molar-refractivity contribution in [2.75, 3.05) is 6.54 Å². The number of unbranched alkanes of at least 4 members (excludes halogenated alkanes) is 1. The van der Waals surface area contributed by atoms with Crippen molar-refractivity contribution in [2.24, 2.45) is 5.73 Å². The normalized spacial score (nSPS) is 10.8. The molecule has 0 aliphatic carbocycles. The zero-order chi connectivity index (χ0) is 12.8. The third-order valence-corrected chi connectivity index (χ3v) is 3.45. The van der Waals surface area contributed by atoms with Crippen molar-refractivity contribution in [3.63, 3.8) is 0 Å². The molecule has 0 radical (unpaired) electrons. The summed E-state index contributed by atoms with van der Waals surface area (Å²) < 4.78 is 3.14. The second-order valence-electron chi connectivity index (χ2n) is 4.28. The maximum Gasteiger partial charge on any atom is 0.0827 e. The van der Waals surface area contributed by atoms with E-state index in [0.717, 1.165) is 38.0 Å². The summed E-state index contributed by atoms with van der Waals surface area (Å²) in [6.07, 6.45) is 5.11. The molecule has 0 fully saturated rings. The number of nitrogens with zero attached hydrogens (tertiary/aromatic N) is 3. The number of halogens is 1. The van der Waals surface area contributed by atoms with Crippen LogP contribution in [0.4, 0.5) is 0 Å². The highest BCUT2D eigenvalue weighted by molar-refractivity contribution is 14.1. The van der Waals surface area contributed by atoms with Crippen LogP contribution in [0, 0.1) is 3.57 Å². The minimum atomic E-state index is 0.747. The van der Waals surface area contributed by atoms with Crippen LogP contribution in [0.5, 0.6) is 0 Å². The van der Waals surface area contributed by atoms with Crippen LogP contribution in [0.3, 0.4) is 0 Å². The smallest absolute Gasteiger partial charge is 0.0827 e. The van der Waals surface area contributed by atoms with Crippen LogP contribution < -0.4 is 5.73 Å². The Morgan fingerprint density at radius 1 is 1.17 bits per heavy atom. The van der Waals surface area contributed by atoms with E-state index in [1.165, 1.54) is 9.13 Å². The van der Waals surface area contributed by atoms with Gasteiger partial charge in [-0.3, -0.25) is 0 Å². The van der Waals surface area contributed by atoms with E-state index >= 15 is 0 Å². The number of benzene rings is 1. The Morgan fingerprint density at radius 2 is 1.94 bits per heavy atom. The molecular formula is C13H17IN4. The molecule has 1 heterocycles. The van der Waals surface area contributed by atoms with Gasteiger partial charge in [0.2, 0.25) is 0 Å². The number of hydrogen-bond acceptors (Lipinski definition) is 3. The molecule has 0 spiro atoms. The van der Waals surface area contributed by atoms with E-state index in [1.54, 1.807) is 0 Å². The molecule has 5 heteroatoms. The molecule has 0 saturated carbocycles. The first-order valence-electron chi connectivity index (χ1n) is 6.11. The zero-order valence-electron chi connectivity index (χ0n) is 10.2. The maximum absolute atomic E-state index is 5.47. The zero-order valence-corrected chi connectivity index (χ0v) is 12.4. The van der Waals surface area contributed by atoms with Crippen LogP contribution in [-0.4, -0.2) is 21.5 Å². The van der Waals surface area contributed by atoms with Crippen molar-refractivity contribution in [2.45, 2.75) is 25.8 Å². The molecule has 2 rings (SSSR count). The summed E-state index contributed by atoms with van der Waals surface area (Å²) in [5.74, 6) is 0. The van der Waals surface area contributed by atoms with E-state index < -0.39 is 0 Å². The van der Waals surface area contributed by atoms with Gasteiger partial charge in [-0.25, -0.2) is 4.68 Å². The molecule has 0 saturated heterocycles. The van der Waals surface area contributed by atoms with Gasteiger partial charge in [0.25, 0.3) is 0 Å². The SMILES string of the molecule is NCCCCc1cn(Cc2ccc(I)cc2)nn1. The molecule has 96 valence electrons. The Kier molecular flexibility index (Phi) is 5.12. The van der Waals surface area contributed by atoms with Gasteiger partial charge in [0.1, 0.15) is 0 Å². The second kappa shape index (κ2) is 6.84. The number of aromatic nitrogens is 3. The Morgan fingerprint density at radius 3 is 2.67 bits per heavy atom. The van der Waals surface area contributed by atoms with Crippen molar-refractivity contribution in [3.05, 3.63) is 45.3 Å². The summed E-state index contributed by atoms with van der Waals surface area (Å²) in [5, 5.41) is 8.32. The first-order chi connectivity index (χ1) is 8.78. The maximum atomic E-state index is 5.47. The molecule has 0 amide bonds. The first kappa shape index (κ1) is 13.5. The Labute approximate surface area is 121 Å². The van der Waals surface area contributed by atoms with Crippen LogP contribution in [-0.2, 0) is 13.0 Å². The van der Waals surface area contributed by atoms with Crippen molar-refractivity contribution < 1.29 is 0 Å². The molecule has 0 bridgehead atoms. The summed E-state index contributed by atoms with van der Waals surface area (Å²) in [5.41, 5.74) is 7.76. The molecule has 2 N–H and O–H groups in total. The summed E-state index contributed by atoms with van der Waals surface area (Å²) in [6, 6.07) is 8.46. The Balaban J connectivity index is 1.91. The van der Waals surface area contributed by atoms with Crippen molar-refractivity contribution >= 4 is 22.6 Å². The lowest BCUT2D eigenvalue weighted by Gasteiger charge is -2.00. The van der Waals surface area contributed by atoms with Crippen molar-refractivity contribution in [1.82, 2.24) is 15.0 Å². The topological polar surface area (TPSA) is 56.7 Å². The number of hydrogen-bond donors (Lipinski definition) is 1. The van der Waals surface area contributed by atoms with Crippen LogP contribution in [0.25, 0.3) is 0 Å². The van der Waals surface area contributed by atoms with Crippen molar-refractivity contribution in [3.8, 4) is 0 Å². The van der Waals surface area contributed by atoms with E-state index in [4.69, 9.17) is 5.73 Å². The minimum Gasteiger partial charge on any atom is -0.330 e. The van der Waals surface area contributed by atoms with Gasteiger partial charge in [0, 0.05) is 9.77 Å². The van der Waals surface area contributed by atoms with Crippen LogP contribution in [0.1, 0.15) is 24.1 Å². The van der Waals surface area contributed by atoms with Crippen LogP contribution >= 0.6 is 22.6 Å². The second-order valence-corrected chi connectivity index (χ2v) is 5.53. The number of aryl methyl sites for hydroxylation is 1. The molecule has 0 aliphatic heterocycles. The quantitative estimate of drug-likeness (QED) is 0.638. The standard InChI is InChI=1S/C13H17IN4/c14-12-6-4-11(5-7-12)9-18-10-13(16-17-18)3-1-2-8-15/h4-7,10H,1-3,8-9,15H2. The van der Waals surface area contributed by atoms with Gasteiger partial charge in [-0.1, -0.05) is 17.3 Å². The third kappa shape index (κ3) is 4.06. The van der Waals surface area contributed by atoms with Gasteiger partial charge < -0.3 is 5.73 Å². The molecule has 0 aliphatic rings. The van der Waals surface area contributed by atoms with E-state index in [-0.39, 0.29) is 0 Å². The minimum absolute atomic E-state index is 0.747. The van der Waals surface area contributed by atoms with E-state index in [9.17, 15) is 0 Å². The fraction of sp³-hybridized carbons (Fsp3) is 0.385. The lowest BCUT2D eigenvalue weighted by atomic mass is 10.2. The van der Waals surface area contributed by atoms with Gasteiger partial charge in [-0.05, 0) is 66.1 Å². The molecule has 18 heavy (non-hydrogen) atoms. The van der Waals surface area contributed by atoms with Gasteiger partial charge >= 0.3 is 0 Å². The monoisotopic (exact) mass is 356 g/mol. The summed E-state index contributed by atoms with van der Waals surface area (Å²) >= 11 is 2.31. The summed E-state index contributed by atoms with van der Waals surface area (Å²) in [7, 11) is 0. The highest BCUT2D eigenvalue weighted by atomic mass is 127. The highest BCUT2D eigenvalue weighted by Crippen LogP contribution is 2.08. The van der Waals surface area contributed by atoms with Crippen LogP contribution in [0.15, 0.2) is 30.5 Å². The highest BCUT2D eigenvalue weighted by Gasteiger charge is 2.01. The number of nitrogens with two attached hydrogens (primary N) is 1. The van der Waals surface area contributed by atoms with E-state index in [2.05, 4.69) is 57.2 Å². The predicted molar refractivity (Wildman–Crippen MR) is 80.3 cm³/mol. The Bertz CT molecular complexity index is 478. The Hall–Kier alpha value is -0.950. The molecular weight excluding hydrogens is 339 g/mol. The lowest BCUT2D eigenvalue weighted by Crippen LogP contribution is -2.00. The fourth-order valence-corrected chi connectivity index (χ4v) is 2.12. The average Bonchev–Trinajstić information content (AvgIpc) is 2.80. The predicted octanol–water partition coefficient (Wildman–Crippen LogP) is 2.21. The van der Waals surface area contributed by atoms with Gasteiger partial charge in [0.05, 0.1) is 12.2 Å². The summed E-state index contributed by atoms with van der Waals surface area (Å²) in [4.78, 5) is 0. The van der Waals surface area contributed by atoms with E-state index in [1.807, 2.05) is 10.9 Å².